The minimum Gasteiger partial charge on any atom is -0.381 e. The lowest BCUT2D eigenvalue weighted by Gasteiger charge is -2.32. The van der Waals surface area contributed by atoms with Crippen LogP contribution in [0.1, 0.15) is 29.5 Å². The average molecular weight is 237 g/mol. The van der Waals surface area contributed by atoms with Gasteiger partial charge in [-0.25, -0.2) is 4.98 Å². The zero-order chi connectivity index (χ0) is 11.1. The van der Waals surface area contributed by atoms with E-state index in [0.717, 1.165) is 29.6 Å². The molecular weight excluding hydrogens is 227 g/mol. The van der Waals surface area contributed by atoms with Crippen molar-refractivity contribution >= 4 is 11.3 Å². The Labute approximate surface area is 89.1 Å². The van der Waals surface area contributed by atoms with Gasteiger partial charge >= 0.3 is 6.18 Å². The van der Waals surface area contributed by atoms with Crippen molar-refractivity contribution in [1.29, 1.82) is 0 Å². The molecule has 15 heavy (non-hydrogen) atoms. The fourth-order valence-electron chi connectivity index (χ4n) is 1.57. The van der Waals surface area contributed by atoms with E-state index in [1.54, 1.807) is 7.11 Å². The third kappa shape index (κ3) is 2.15. The van der Waals surface area contributed by atoms with Crippen LogP contribution in [0.4, 0.5) is 13.2 Å². The zero-order valence-corrected chi connectivity index (χ0v) is 8.86. The summed E-state index contributed by atoms with van der Waals surface area (Å²) in [7, 11) is 1.61. The van der Waals surface area contributed by atoms with E-state index in [-0.39, 0.29) is 12.0 Å². The van der Waals surface area contributed by atoms with Crippen molar-refractivity contribution in [2.24, 2.45) is 0 Å². The standard InChI is InChI=1S/C9H10F3NOS/c1-14-6-2-5(3-6)8-13-7(4-15-8)9(10,11)12/h4-6H,2-3H2,1H3. The third-order valence-electron chi connectivity index (χ3n) is 2.59. The van der Waals surface area contributed by atoms with Crippen molar-refractivity contribution in [2.45, 2.75) is 31.0 Å². The van der Waals surface area contributed by atoms with Gasteiger partial charge in [-0.05, 0) is 12.8 Å². The second-order valence-electron chi connectivity index (χ2n) is 3.59. The lowest BCUT2D eigenvalue weighted by molar-refractivity contribution is -0.140. The van der Waals surface area contributed by atoms with Crippen LogP contribution in [0.15, 0.2) is 5.38 Å². The van der Waals surface area contributed by atoms with Crippen LogP contribution >= 0.6 is 11.3 Å². The van der Waals surface area contributed by atoms with Gasteiger partial charge < -0.3 is 4.74 Å². The molecule has 0 N–H and O–H groups in total. The van der Waals surface area contributed by atoms with Crippen LogP contribution in [0.5, 0.6) is 0 Å². The molecule has 0 amide bonds. The van der Waals surface area contributed by atoms with Crippen molar-refractivity contribution in [3.63, 3.8) is 0 Å². The molecule has 2 nitrogen and oxygen atoms in total. The SMILES string of the molecule is COC1CC(c2nc(C(F)(F)F)cs2)C1. The number of nitrogens with zero attached hydrogens (tertiary/aromatic N) is 1. The summed E-state index contributed by atoms with van der Waals surface area (Å²) in [6.45, 7) is 0. The molecule has 84 valence electrons. The summed E-state index contributed by atoms with van der Waals surface area (Å²) in [4.78, 5) is 3.61. The molecule has 1 aliphatic carbocycles. The number of halogens is 3. The molecule has 6 heteroatoms. The molecule has 0 saturated heterocycles. The molecule has 1 fully saturated rings. The molecule has 0 spiro atoms. The molecular formula is C9H10F3NOS. The number of ether oxygens (including phenoxy) is 1. The Kier molecular flexibility index (Phi) is 2.72. The number of rotatable bonds is 2. The van der Waals surface area contributed by atoms with Gasteiger partial charge in [-0.3, -0.25) is 0 Å². The Bertz CT molecular complexity index is 343. The summed E-state index contributed by atoms with van der Waals surface area (Å²) in [5.41, 5.74) is -0.775. The quantitative estimate of drug-likeness (QED) is 0.788. The zero-order valence-electron chi connectivity index (χ0n) is 8.04. The first-order valence-corrected chi connectivity index (χ1v) is 5.44. The topological polar surface area (TPSA) is 22.1 Å². The molecule has 1 aromatic heterocycles. The van der Waals surface area contributed by atoms with Crippen molar-refractivity contribution in [2.75, 3.05) is 7.11 Å². The summed E-state index contributed by atoms with van der Waals surface area (Å²) in [5.74, 6) is 0.149. The predicted octanol–water partition coefficient (Wildman–Crippen LogP) is 3.05. The van der Waals surface area contributed by atoms with Crippen LogP contribution in [0.25, 0.3) is 0 Å². The molecule has 1 heterocycles. The molecule has 0 unspecified atom stereocenters. The predicted molar refractivity (Wildman–Crippen MR) is 49.9 cm³/mol. The molecule has 1 aromatic rings. The maximum Gasteiger partial charge on any atom is 0.434 e. The highest BCUT2D eigenvalue weighted by Crippen LogP contribution is 2.41. The average Bonchev–Trinajstić information content (AvgIpc) is 2.50. The van der Waals surface area contributed by atoms with Crippen LogP contribution in [-0.4, -0.2) is 18.2 Å². The highest BCUT2D eigenvalue weighted by molar-refractivity contribution is 7.09. The normalized spacial score (nSPS) is 26.4. The highest BCUT2D eigenvalue weighted by atomic mass is 32.1. The summed E-state index contributed by atoms with van der Waals surface area (Å²) >= 11 is 1.09. The van der Waals surface area contributed by atoms with E-state index in [9.17, 15) is 13.2 Å². The van der Waals surface area contributed by atoms with E-state index in [1.165, 1.54) is 0 Å². The van der Waals surface area contributed by atoms with Gasteiger partial charge in [-0.2, -0.15) is 13.2 Å². The van der Waals surface area contributed by atoms with Crippen LogP contribution < -0.4 is 0 Å². The summed E-state index contributed by atoms with van der Waals surface area (Å²) < 4.78 is 41.8. The van der Waals surface area contributed by atoms with E-state index in [2.05, 4.69) is 4.98 Å². The van der Waals surface area contributed by atoms with Gasteiger partial charge in [-0.15, -0.1) is 11.3 Å². The number of alkyl halides is 3. The molecule has 2 rings (SSSR count). The van der Waals surface area contributed by atoms with Crippen LogP contribution in [0.2, 0.25) is 0 Å². The second-order valence-corrected chi connectivity index (χ2v) is 4.48. The Morgan fingerprint density at radius 3 is 2.60 bits per heavy atom. The van der Waals surface area contributed by atoms with Crippen molar-refractivity contribution in [3.05, 3.63) is 16.1 Å². The maximum absolute atomic E-state index is 12.2. The molecule has 1 saturated carbocycles. The number of hydrogen-bond donors (Lipinski definition) is 0. The summed E-state index contributed by atoms with van der Waals surface area (Å²) in [6.07, 6.45) is -2.57. The van der Waals surface area contributed by atoms with Crippen molar-refractivity contribution in [3.8, 4) is 0 Å². The van der Waals surface area contributed by atoms with Gasteiger partial charge in [0, 0.05) is 18.4 Å². The lowest BCUT2D eigenvalue weighted by Crippen LogP contribution is -2.28. The van der Waals surface area contributed by atoms with Gasteiger partial charge in [-0.1, -0.05) is 0 Å². The Balaban J connectivity index is 2.03. The molecule has 0 atom stereocenters. The van der Waals surface area contributed by atoms with Crippen LogP contribution in [0.3, 0.4) is 0 Å². The molecule has 0 bridgehead atoms. The van der Waals surface area contributed by atoms with E-state index in [4.69, 9.17) is 4.74 Å². The van der Waals surface area contributed by atoms with E-state index >= 15 is 0 Å². The Morgan fingerprint density at radius 1 is 1.47 bits per heavy atom. The number of methoxy groups -OCH3 is 1. The van der Waals surface area contributed by atoms with Gasteiger partial charge in [0.05, 0.1) is 11.1 Å². The largest absolute Gasteiger partial charge is 0.434 e. The first-order valence-electron chi connectivity index (χ1n) is 4.56. The molecule has 1 aliphatic rings. The first kappa shape index (κ1) is 10.9. The number of hydrogen-bond acceptors (Lipinski definition) is 3. The van der Waals surface area contributed by atoms with Gasteiger partial charge in [0.1, 0.15) is 0 Å². The van der Waals surface area contributed by atoms with Crippen LogP contribution in [0, 0.1) is 0 Å². The number of aromatic nitrogens is 1. The van der Waals surface area contributed by atoms with Gasteiger partial charge in [0.25, 0.3) is 0 Å². The minimum atomic E-state index is -4.32. The minimum absolute atomic E-state index is 0.149. The molecule has 0 aliphatic heterocycles. The molecule has 0 radical (unpaired) electrons. The third-order valence-corrected chi connectivity index (χ3v) is 3.60. The fourth-order valence-corrected chi connectivity index (χ4v) is 2.52. The van der Waals surface area contributed by atoms with Crippen molar-refractivity contribution in [1.82, 2.24) is 4.98 Å². The number of thiazole rings is 1. The van der Waals surface area contributed by atoms with E-state index < -0.39 is 11.9 Å². The maximum atomic E-state index is 12.2. The highest BCUT2D eigenvalue weighted by Gasteiger charge is 2.37. The first-order chi connectivity index (χ1) is 7.00. The summed E-state index contributed by atoms with van der Waals surface area (Å²) in [5, 5.41) is 1.66. The Hall–Kier alpha value is -0.620. The van der Waals surface area contributed by atoms with Gasteiger partial charge in [0.15, 0.2) is 5.69 Å². The lowest BCUT2D eigenvalue weighted by atomic mass is 9.83. The van der Waals surface area contributed by atoms with E-state index in [1.807, 2.05) is 0 Å². The monoisotopic (exact) mass is 237 g/mol. The smallest absolute Gasteiger partial charge is 0.381 e. The Morgan fingerprint density at radius 2 is 2.13 bits per heavy atom. The second kappa shape index (κ2) is 3.75. The molecule has 0 aromatic carbocycles. The van der Waals surface area contributed by atoms with Crippen LogP contribution in [-0.2, 0) is 10.9 Å². The van der Waals surface area contributed by atoms with Crippen molar-refractivity contribution < 1.29 is 17.9 Å². The van der Waals surface area contributed by atoms with E-state index in [0.29, 0.717) is 5.01 Å². The van der Waals surface area contributed by atoms with Gasteiger partial charge in [0.2, 0.25) is 0 Å². The summed E-state index contributed by atoms with van der Waals surface area (Å²) in [6, 6.07) is 0. The fraction of sp³-hybridized carbons (Fsp3) is 0.667.